The second-order valence-electron chi connectivity index (χ2n) is 3.87. The number of rotatable bonds is 8. The number of carbonyl (C=O) groups is 2. The maximum absolute atomic E-state index is 11.2. The van der Waals surface area contributed by atoms with Crippen molar-refractivity contribution in [3.8, 4) is 0 Å². The van der Waals surface area contributed by atoms with Gasteiger partial charge in [0.05, 0.1) is 6.54 Å². The Bertz CT molecular complexity index is 205. The molecule has 15 heavy (non-hydrogen) atoms. The van der Waals surface area contributed by atoms with E-state index in [1.165, 1.54) is 0 Å². The van der Waals surface area contributed by atoms with E-state index in [2.05, 4.69) is 10.6 Å². The number of carbonyl (C=O) groups excluding carboxylic acids is 1. The zero-order valence-corrected chi connectivity index (χ0v) is 9.38. The van der Waals surface area contributed by atoms with Gasteiger partial charge in [-0.2, -0.15) is 0 Å². The fourth-order valence-electron chi connectivity index (χ4n) is 0.947. The number of amides is 1. The molecule has 88 valence electrons. The molecule has 0 aliphatic heterocycles. The van der Waals surface area contributed by atoms with Crippen molar-refractivity contribution < 1.29 is 14.7 Å². The second kappa shape index (κ2) is 8.23. The van der Waals surface area contributed by atoms with Gasteiger partial charge < -0.3 is 15.7 Å². The molecule has 0 aromatic carbocycles. The SMILES string of the molecule is CC(C)CNC(=O)CNCCCC(=O)O. The van der Waals surface area contributed by atoms with Crippen LogP contribution in [0, 0.1) is 5.92 Å². The van der Waals surface area contributed by atoms with Crippen LogP contribution in [0.2, 0.25) is 0 Å². The van der Waals surface area contributed by atoms with E-state index in [9.17, 15) is 9.59 Å². The van der Waals surface area contributed by atoms with Crippen LogP contribution in [-0.4, -0.2) is 36.6 Å². The van der Waals surface area contributed by atoms with E-state index in [-0.39, 0.29) is 18.9 Å². The number of hydrogen-bond donors (Lipinski definition) is 3. The molecule has 5 nitrogen and oxygen atoms in total. The molecule has 0 heterocycles. The van der Waals surface area contributed by atoms with Crippen LogP contribution in [0.5, 0.6) is 0 Å². The predicted octanol–water partition coefficient (Wildman–Crippen LogP) is 0.213. The maximum Gasteiger partial charge on any atom is 0.303 e. The molecule has 0 saturated heterocycles. The Balaban J connectivity index is 3.28. The first-order valence-corrected chi connectivity index (χ1v) is 5.21. The largest absolute Gasteiger partial charge is 0.481 e. The quantitative estimate of drug-likeness (QED) is 0.507. The summed E-state index contributed by atoms with van der Waals surface area (Å²) in [5, 5.41) is 14.0. The van der Waals surface area contributed by atoms with Gasteiger partial charge in [0.1, 0.15) is 0 Å². The van der Waals surface area contributed by atoms with Gasteiger partial charge in [-0.1, -0.05) is 13.8 Å². The number of nitrogens with one attached hydrogen (secondary N) is 2. The van der Waals surface area contributed by atoms with Crippen LogP contribution in [0.25, 0.3) is 0 Å². The fourth-order valence-corrected chi connectivity index (χ4v) is 0.947. The third kappa shape index (κ3) is 10.8. The highest BCUT2D eigenvalue weighted by molar-refractivity contribution is 5.77. The first kappa shape index (κ1) is 13.9. The van der Waals surface area contributed by atoms with Crippen LogP contribution in [0.4, 0.5) is 0 Å². The van der Waals surface area contributed by atoms with Crippen molar-refractivity contribution in [2.24, 2.45) is 5.92 Å². The average molecular weight is 216 g/mol. The number of carboxylic acid groups (broad SMARTS) is 1. The molecular weight excluding hydrogens is 196 g/mol. The highest BCUT2D eigenvalue weighted by Crippen LogP contribution is 1.87. The normalized spacial score (nSPS) is 10.3. The van der Waals surface area contributed by atoms with Crippen molar-refractivity contribution in [2.45, 2.75) is 26.7 Å². The molecule has 0 atom stereocenters. The minimum Gasteiger partial charge on any atom is -0.481 e. The summed E-state index contributed by atoms with van der Waals surface area (Å²) in [4.78, 5) is 21.3. The lowest BCUT2D eigenvalue weighted by atomic mass is 10.2. The monoisotopic (exact) mass is 216 g/mol. The zero-order chi connectivity index (χ0) is 11.7. The molecule has 1 amide bonds. The summed E-state index contributed by atoms with van der Waals surface area (Å²) in [5.74, 6) is -0.402. The predicted molar refractivity (Wildman–Crippen MR) is 57.6 cm³/mol. The van der Waals surface area contributed by atoms with Crippen LogP contribution in [-0.2, 0) is 9.59 Å². The number of aliphatic carboxylic acids is 1. The van der Waals surface area contributed by atoms with Crippen molar-refractivity contribution in [3.63, 3.8) is 0 Å². The Labute approximate surface area is 90.2 Å². The molecule has 0 aromatic heterocycles. The van der Waals surface area contributed by atoms with Crippen LogP contribution < -0.4 is 10.6 Å². The van der Waals surface area contributed by atoms with Crippen LogP contribution in [0.1, 0.15) is 26.7 Å². The Kier molecular flexibility index (Phi) is 7.62. The summed E-state index contributed by atoms with van der Waals surface area (Å²) >= 11 is 0. The van der Waals surface area contributed by atoms with Crippen molar-refractivity contribution in [1.29, 1.82) is 0 Å². The van der Waals surface area contributed by atoms with E-state index in [4.69, 9.17) is 5.11 Å². The van der Waals surface area contributed by atoms with Crippen molar-refractivity contribution in [2.75, 3.05) is 19.6 Å². The van der Waals surface area contributed by atoms with Crippen LogP contribution in [0.15, 0.2) is 0 Å². The lowest BCUT2D eigenvalue weighted by Gasteiger charge is -2.08. The van der Waals surface area contributed by atoms with Crippen LogP contribution >= 0.6 is 0 Å². The third-order valence-electron chi connectivity index (χ3n) is 1.74. The minimum absolute atomic E-state index is 0.0426. The highest BCUT2D eigenvalue weighted by Gasteiger charge is 2.01. The van der Waals surface area contributed by atoms with Crippen LogP contribution in [0.3, 0.4) is 0 Å². The molecular formula is C10H20N2O3. The Morgan fingerprint density at radius 3 is 2.53 bits per heavy atom. The van der Waals surface area contributed by atoms with Gasteiger partial charge in [0.2, 0.25) is 5.91 Å². The molecule has 3 N–H and O–H groups in total. The second-order valence-corrected chi connectivity index (χ2v) is 3.87. The van der Waals surface area contributed by atoms with Crippen molar-refractivity contribution >= 4 is 11.9 Å². The Hall–Kier alpha value is -1.10. The lowest BCUT2D eigenvalue weighted by Crippen LogP contribution is -2.36. The van der Waals surface area contributed by atoms with Gasteiger partial charge in [-0.05, 0) is 18.9 Å². The summed E-state index contributed by atoms with van der Waals surface area (Å²) in [6.45, 7) is 5.55. The lowest BCUT2D eigenvalue weighted by molar-refractivity contribution is -0.137. The smallest absolute Gasteiger partial charge is 0.303 e. The molecule has 0 spiro atoms. The topological polar surface area (TPSA) is 78.4 Å². The fraction of sp³-hybridized carbons (Fsp3) is 0.800. The molecule has 0 aromatic rings. The molecule has 0 fully saturated rings. The van der Waals surface area contributed by atoms with E-state index in [0.717, 1.165) is 0 Å². The Morgan fingerprint density at radius 1 is 1.33 bits per heavy atom. The van der Waals surface area contributed by atoms with Gasteiger partial charge in [0.25, 0.3) is 0 Å². The molecule has 0 bridgehead atoms. The average Bonchev–Trinajstić information content (AvgIpc) is 2.13. The van der Waals surface area contributed by atoms with Gasteiger partial charge >= 0.3 is 5.97 Å². The molecule has 0 aliphatic rings. The first-order valence-electron chi connectivity index (χ1n) is 5.21. The molecule has 0 aliphatic carbocycles. The van der Waals surface area contributed by atoms with Gasteiger partial charge in [-0.3, -0.25) is 9.59 Å². The van der Waals surface area contributed by atoms with Crippen molar-refractivity contribution in [3.05, 3.63) is 0 Å². The van der Waals surface area contributed by atoms with Gasteiger partial charge in [-0.25, -0.2) is 0 Å². The van der Waals surface area contributed by atoms with E-state index >= 15 is 0 Å². The number of hydrogen-bond acceptors (Lipinski definition) is 3. The first-order chi connectivity index (χ1) is 7.02. The zero-order valence-electron chi connectivity index (χ0n) is 9.38. The molecule has 0 unspecified atom stereocenters. The van der Waals surface area contributed by atoms with Gasteiger partial charge in [-0.15, -0.1) is 0 Å². The standard InChI is InChI=1S/C10H20N2O3/c1-8(2)6-12-9(13)7-11-5-3-4-10(14)15/h8,11H,3-7H2,1-2H3,(H,12,13)(H,14,15). The highest BCUT2D eigenvalue weighted by atomic mass is 16.4. The molecule has 0 saturated carbocycles. The number of carboxylic acids is 1. The summed E-state index contributed by atoms with van der Waals surface area (Å²) in [6, 6.07) is 0. The molecule has 0 radical (unpaired) electrons. The third-order valence-corrected chi connectivity index (χ3v) is 1.74. The van der Waals surface area contributed by atoms with Crippen molar-refractivity contribution in [1.82, 2.24) is 10.6 Å². The molecule has 5 heteroatoms. The van der Waals surface area contributed by atoms with Gasteiger partial charge in [0, 0.05) is 13.0 Å². The van der Waals surface area contributed by atoms with E-state index < -0.39 is 5.97 Å². The summed E-state index contributed by atoms with van der Waals surface area (Å²) < 4.78 is 0. The minimum atomic E-state index is -0.805. The van der Waals surface area contributed by atoms with E-state index in [1.54, 1.807) is 0 Å². The Morgan fingerprint density at radius 2 is 2.00 bits per heavy atom. The van der Waals surface area contributed by atoms with E-state index in [1.807, 2.05) is 13.8 Å². The summed E-state index contributed by atoms with van der Waals surface area (Å²) in [6.07, 6.45) is 0.688. The van der Waals surface area contributed by atoms with E-state index in [0.29, 0.717) is 25.4 Å². The summed E-state index contributed by atoms with van der Waals surface area (Å²) in [7, 11) is 0. The maximum atomic E-state index is 11.2. The summed E-state index contributed by atoms with van der Waals surface area (Å²) in [5.41, 5.74) is 0. The van der Waals surface area contributed by atoms with Gasteiger partial charge in [0.15, 0.2) is 0 Å². The molecule has 0 rings (SSSR count).